The van der Waals surface area contributed by atoms with E-state index in [-0.39, 0.29) is 6.29 Å². The maximum Gasteiger partial charge on any atom is 0.217 e. The summed E-state index contributed by atoms with van der Waals surface area (Å²) in [4.78, 5) is 4.01. The van der Waals surface area contributed by atoms with E-state index in [1.54, 1.807) is 7.11 Å². The fourth-order valence-corrected chi connectivity index (χ4v) is 2.39. The molecule has 1 heterocycles. The number of anilines is 2. The largest absolute Gasteiger partial charge is 0.497 e. The van der Waals surface area contributed by atoms with E-state index in [1.165, 1.54) is 0 Å². The Kier molecular flexibility index (Phi) is 4.65. The van der Waals surface area contributed by atoms with Gasteiger partial charge in [-0.25, -0.2) is 0 Å². The molecule has 0 saturated carbocycles. The SMILES string of the molecule is COc1ccc(Nc2ccc(N=NC3N(C)C=CN3C)cc2)cc1. The minimum atomic E-state index is -0.0814. The van der Waals surface area contributed by atoms with Crippen molar-refractivity contribution < 1.29 is 4.74 Å². The number of methoxy groups -OCH3 is 1. The quantitative estimate of drug-likeness (QED) is 0.840. The van der Waals surface area contributed by atoms with Crippen LogP contribution in [0.25, 0.3) is 0 Å². The first-order valence-electron chi connectivity index (χ1n) is 7.70. The van der Waals surface area contributed by atoms with Crippen molar-refractivity contribution in [2.24, 2.45) is 10.2 Å². The molecule has 0 unspecified atom stereocenters. The maximum absolute atomic E-state index is 5.16. The van der Waals surface area contributed by atoms with Crippen molar-refractivity contribution in [3.8, 4) is 5.75 Å². The highest BCUT2D eigenvalue weighted by molar-refractivity contribution is 5.62. The van der Waals surface area contributed by atoms with Crippen LogP contribution in [0, 0.1) is 0 Å². The van der Waals surface area contributed by atoms with E-state index in [1.807, 2.05) is 84.8 Å². The summed E-state index contributed by atoms with van der Waals surface area (Å²) in [7, 11) is 5.62. The molecule has 0 radical (unpaired) electrons. The van der Waals surface area contributed by atoms with Gasteiger partial charge in [-0.05, 0) is 48.5 Å². The van der Waals surface area contributed by atoms with Gasteiger partial charge in [0.05, 0.1) is 12.8 Å². The average Bonchev–Trinajstić information content (AvgIpc) is 2.93. The van der Waals surface area contributed by atoms with Gasteiger partial charge in [-0.3, -0.25) is 0 Å². The Morgan fingerprint density at radius 2 is 1.42 bits per heavy atom. The third-order valence-electron chi connectivity index (χ3n) is 3.79. The summed E-state index contributed by atoms with van der Waals surface area (Å²) >= 11 is 0. The molecule has 0 spiro atoms. The summed E-state index contributed by atoms with van der Waals surface area (Å²) in [5.41, 5.74) is 2.82. The van der Waals surface area contributed by atoms with Crippen molar-refractivity contribution in [1.82, 2.24) is 9.80 Å². The fourth-order valence-electron chi connectivity index (χ4n) is 2.39. The minimum Gasteiger partial charge on any atom is -0.497 e. The molecule has 3 rings (SSSR count). The molecule has 1 N–H and O–H groups in total. The van der Waals surface area contributed by atoms with Gasteiger partial charge in [-0.1, -0.05) is 0 Å². The van der Waals surface area contributed by atoms with Gasteiger partial charge >= 0.3 is 0 Å². The van der Waals surface area contributed by atoms with Crippen LogP contribution in [-0.2, 0) is 0 Å². The first-order valence-corrected chi connectivity index (χ1v) is 7.70. The molecule has 2 aromatic carbocycles. The number of nitrogens with zero attached hydrogens (tertiary/aromatic N) is 4. The molecule has 0 aliphatic carbocycles. The van der Waals surface area contributed by atoms with E-state index >= 15 is 0 Å². The third kappa shape index (κ3) is 3.65. The Morgan fingerprint density at radius 1 is 0.875 bits per heavy atom. The lowest BCUT2D eigenvalue weighted by Gasteiger charge is -2.21. The molecular weight excluding hydrogens is 302 g/mol. The van der Waals surface area contributed by atoms with Gasteiger partial charge in [-0.15, -0.1) is 5.11 Å². The number of azo groups is 1. The Labute approximate surface area is 142 Å². The van der Waals surface area contributed by atoms with Gasteiger partial charge in [0.15, 0.2) is 0 Å². The third-order valence-corrected chi connectivity index (χ3v) is 3.79. The van der Waals surface area contributed by atoms with Gasteiger partial charge in [0, 0.05) is 37.9 Å². The maximum atomic E-state index is 5.16. The lowest BCUT2D eigenvalue weighted by atomic mass is 10.2. The number of rotatable bonds is 5. The monoisotopic (exact) mass is 323 g/mol. The summed E-state index contributed by atoms with van der Waals surface area (Å²) in [6.45, 7) is 0. The molecule has 0 bridgehead atoms. The van der Waals surface area contributed by atoms with Crippen LogP contribution in [0.3, 0.4) is 0 Å². The summed E-state index contributed by atoms with van der Waals surface area (Å²) in [6.07, 6.45) is 3.87. The molecule has 6 heteroatoms. The van der Waals surface area contributed by atoms with Crippen molar-refractivity contribution in [1.29, 1.82) is 0 Å². The second-order valence-electron chi connectivity index (χ2n) is 5.59. The zero-order valence-corrected chi connectivity index (χ0v) is 14.0. The number of hydrogen-bond donors (Lipinski definition) is 1. The van der Waals surface area contributed by atoms with Crippen LogP contribution in [0.2, 0.25) is 0 Å². The van der Waals surface area contributed by atoms with Crippen molar-refractivity contribution >= 4 is 17.1 Å². The van der Waals surface area contributed by atoms with Crippen LogP contribution in [0.4, 0.5) is 17.1 Å². The van der Waals surface area contributed by atoms with Crippen LogP contribution in [-0.4, -0.2) is 37.3 Å². The topological polar surface area (TPSA) is 52.5 Å². The van der Waals surface area contributed by atoms with Crippen molar-refractivity contribution in [2.75, 3.05) is 26.5 Å². The molecule has 124 valence electrons. The van der Waals surface area contributed by atoms with Crippen molar-refractivity contribution in [2.45, 2.75) is 6.29 Å². The molecule has 0 fully saturated rings. The van der Waals surface area contributed by atoms with Gasteiger partial charge in [-0.2, -0.15) is 5.11 Å². The first-order chi connectivity index (χ1) is 11.7. The van der Waals surface area contributed by atoms with Crippen LogP contribution < -0.4 is 10.1 Å². The fraction of sp³-hybridized carbons (Fsp3) is 0.222. The summed E-state index contributed by atoms with van der Waals surface area (Å²) in [5, 5.41) is 12.0. The summed E-state index contributed by atoms with van der Waals surface area (Å²) in [6, 6.07) is 15.7. The van der Waals surface area contributed by atoms with E-state index in [0.717, 1.165) is 22.8 Å². The van der Waals surface area contributed by atoms with Crippen LogP contribution >= 0.6 is 0 Å². The number of hydrogen-bond acceptors (Lipinski definition) is 6. The van der Waals surface area contributed by atoms with Crippen LogP contribution in [0.1, 0.15) is 0 Å². The van der Waals surface area contributed by atoms with E-state index in [0.29, 0.717) is 0 Å². The molecule has 24 heavy (non-hydrogen) atoms. The molecular formula is C18H21N5O. The highest BCUT2D eigenvalue weighted by Crippen LogP contribution is 2.23. The summed E-state index contributed by atoms with van der Waals surface area (Å²) in [5.74, 6) is 0.840. The molecule has 0 atom stereocenters. The standard InChI is InChI=1S/C18H21N5O/c1-22-12-13-23(2)18(22)21-20-16-6-4-14(5-7-16)19-15-8-10-17(24-3)11-9-15/h4-13,18-19H,1-3H3. The highest BCUT2D eigenvalue weighted by Gasteiger charge is 2.18. The lowest BCUT2D eigenvalue weighted by molar-refractivity contribution is 0.206. The van der Waals surface area contributed by atoms with Crippen molar-refractivity contribution in [3.63, 3.8) is 0 Å². The van der Waals surface area contributed by atoms with E-state index in [4.69, 9.17) is 4.74 Å². The Bertz CT molecular complexity index is 712. The van der Waals surface area contributed by atoms with Gasteiger partial charge in [0.2, 0.25) is 6.29 Å². The molecule has 2 aromatic rings. The molecule has 6 nitrogen and oxygen atoms in total. The number of nitrogens with one attached hydrogen (secondary N) is 1. The molecule has 0 amide bonds. The average molecular weight is 323 g/mol. The predicted molar refractivity (Wildman–Crippen MR) is 95.7 cm³/mol. The smallest absolute Gasteiger partial charge is 0.217 e. The predicted octanol–water partition coefficient (Wildman–Crippen LogP) is 4.15. The van der Waals surface area contributed by atoms with Gasteiger partial charge in [0.25, 0.3) is 0 Å². The van der Waals surface area contributed by atoms with Gasteiger partial charge in [0.1, 0.15) is 5.75 Å². The second-order valence-corrected chi connectivity index (χ2v) is 5.59. The lowest BCUT2D eigenvalue weighted by Crippen LogP contribution is -2.31. The van der Waals surface area contributed by atoms with Crippen molar-refractivity contribution in [3.05, 3.63) is 60.9 Å². The highest BCUT2D eigenvalue weighted by atomic mass is 16.5. The van der Waals surface area contributed by atoms with Gasteiger partial charge < -0.3 is 19.9 Å². The van der Waals surface area contributed by atoms with Crippen LogP contribution in [0.15, 0.2) is 71.2 Å². The van der Waals surface area contributed by atoms with Crippen LogP contribution in [0.5, 0.6) is 5.75 Å². The zero-order valence-electron chi connectivity index (χ0n) is 14.0. The Morgan fingerprint density at radius 3 is 1.96 bits per heavy atom. The second kappa shape index (κ2) is 7.04. The molecule has 0 aromatic heterocycles. The van der Waals surface area contributed by atoms with E-state index < -0.39 is 0 Å². The normalized spacial score (nSPS) is 14.6. The van der Waals surface area contributed by atoms with E-state index in [9.17, 15) is 0 Å². The molecule has 1 aliphatic rings. The number of ether oxygens (including phenoxy) is 1. The Balaban J connectivity index is 1.62. The summed E-state index contributed by atoms with van der Waals surface area (Å²) < 4.78 is 5.16. The molecule has 1 aliphatic heterocycles. The molecule has 0 saturated heterocycles. The van der Waals surface area contributed by atoms with E-state index in [2.05, 4.69) is 15.5 Å². The first kappa shape index (κ1) is 15.9. The zero-order chi connectivity index (χ0) is 16.9. The Hall–Kier alpha value is -3.02. The minimum absolute atomic E-state index is 0.0814. The number of benzene rings is 2.